The summed E-state index contributed by atoms with van der Waals surface area (Å²) in [6, 6.07) is 17.8. The topological polar surface area (TPSA) is 583 Å². The number of phosphoric acid groups is 3. The van der Waals surface area contributed by atoms with Crippen LogP contribution in [0.4, 0.5) is 15.4 Å². The number of benzene rings is 3. The van der Waals surface area contributed by atoms with Crippen LogP contribution >= 0.6 is 45.1 Å². The number of anilines is 1. The standard InChI is InChI=1S/C53H67N10O23P3S2.2O3S/c1-34(35-12-14-38(49(64)65)41(27-35)47-39-10-4-5-11-42(39)83-43-28-37(54)13-15-40(43)47)57-18-23-76-25-26-77-24-19-59-52(68)80-22-16-53(2,3)91-90-33-78-20-6-7-21-79-51(67)58-17-8-9-36-30-63(50(66)61-48(36)55)46-29-44(81-32-60-62-56)45(84-46)31-82-88(72,73)86-89(74,75)85-87(69,70)71;2*1-4(2)3/h4-5,10-15,27-28,30,44-46,54,57H,1,6-7,16-26,29,31-33H2,2-3H3,(H,58,67)(H,59,68)(H,64,65)(H,72,73)(H,74,75)(H2,55,61,66)(H2,69,70,71);;/p+1/t44?,45-,46-;;/m1../s1. The van der Waals surface area contributed by atoms with Gasteiger partial charge in [-0.05, 0) is 74.0 Å². The lowest BCUT2D eigenvalue weighted by atomic mass is 9.89. The second-order valence-electron chi connectivity index (χ2n) is 20.2. The van der Waals surface area contributed by atoms with Gasteiger partial charge in [0.05, 0.1) is 76.1 Å². The number of carboxylic acids is 1. The van der Waals surface area contributed by atoms with Gasteiger partial charge >= 0.3 is 68.5 Å². The fourth-order valence-corrected chi connectivity index (χ4v) is 13.6. The number of aromatic nitrogens is 2. The van der Waals surface area contributed by atoms with Gasteiger partial charge in [0.1, 0.15) is 42.2 Å². The zero-order valence-corrected chi connectivity index (χ0v) is 58.2. The van der Waals surface area contributed by atoms with E-state index in [1.165, 1.54) is 17.0 Å². The van der Waals surface area contributed by atoms with Crippen molar-refractivity contribution in [2.24, 2.45) is 5.11 Å². The first-order valence-corrected chi connectivity index (χ1v) is 37.2. The van der Waals surface area contributed by atoms with Crippen molar-refractivity contribution in [2.45, 2.75) is 62.7 Å². The second-order valence-corrected chi connectivity index (χ2v) is 28.4. The maximum Gasteiger partial charge on any atom is 0.490 e. The lowest BCUT2D eigenvalue weighted by Gasteiger charge is -2.22. The number of nitrogen functional groups attached to an aromatic ring is 1. The fraction of sp³-hybridized carbons (Fsp3) is 0.434. The highest BCUT2D eigenvalue weighted by Crippen LogP contribution is 2.66. The zero-order chi connectivity index (χ0) is 73.3. The first-order valence-electron chi connectivity index (χ1n) is 28.4. The van der Waals surface area contributed by atoms with Gasteiger partial charge in [-0.1, -0.05) is 69.4 Å². The van der Waals surface area contributed by atoms with Crippen LogP contribution in [0, 0.1) is 11.8 Å². The number of aromatic carboxylic acids is 1. The van der Waals surface area contributed by atoms with Crippen LogP contribution in [0.15, 0.2) is 87.8 Å². The minimum atomic E-state index is -5.83. The van der Waals surface area contributed by atoms with Crippen molar-refractivity contribution in [3.05, 3.63) is 116 Å². The number of nitrogens with one attached hydrogen (secondary N) is 3. The smallest absolute Gasteiger partial charge is 0.478 e. The average Bonchev–Trinajstić information content (AvgIpc) is 1.29. The van der Waals surface area contributed by atoms with Crippen LogP contribution in [-0.2, 0) is 81.2 Å². The van der Waals surface area contributed by atoms with Crippen molar-refractivity contribution in [1.29, 1.82) is 0 Å². The Bertz CT molecular complexity index is 4170. The summed E-state index contributed by atoms with van der Waals surface area (Å²) < 4.78 is 143. The number of carbonyl (C=O) groups is 3. The Morgan fingerprint density at radius 1 is 0.869 bits per heavy atom. The van der Waals surface area contributed by atoms with Crippen molar-refractivity contribution >= 4 is 107 Å². The van der Waals surface area contributed by atoms with Crippen LogP contribution in [0.3, 0.4) is 0 Å². The summed E-state index contributed by atoms with van der Waals surface area (Å²) >= 11 is 0. The molecule has 12 N–H and O–H groups in total. The number of nitrogens with zero attached hydrogens (tertiary/aromatic N) is 5. The highest BCUT2D eigenvalue weighted by molar-refractivity contribution is 8.77. The van der Waals surface area contributed by atoms with Gasteiger partial charge in [-0.3, -0.25) is 14.5 Å². The van der Waals surface area contributed by atoms with E-state index >= 15 is 0 Å². The van der Waals surface area contributed by atoms with E-state index in [0.29, 0.717) is 103 Å². The van der Waals surface area contributed by atoms with Crippen LogP contribution in [0.5, 0.6) is 0 Å². The molecule has 1 saturated heterocycles. The average molecular weight is 1530 g/mol. The van der Waals surface area contributed by atoms with E-state index in [1.54, 1.807) is 41.1 Å². The highest BCUT2D eigenvalue weighted by Gasteiger charge is 2.44. The predicted molar refractivity (Wildman–Crippen MR) is 348 cm³/mol. The van der Waals surface area contributed by atoms with E-state index in [2.05, 4.69) is 62.5 Å². The Morgan fingerprint density at radius 2 is 1.53 bits per heavy atom. The van der Waals surface area contributed by atoms with E-state index in [1.807, 2.05) is 44.2 Å². The third-order valence-electron chi connectivity index (χ3n) is 12.5. The number of alkyl carbamates (subject to hydrolysis) is 2. The van der Waals surface area contributed by atoms with E-state index in [9.17, 15) is 47.8 Å². The molecule has 1 aliphatic carbocycles. The molecular formula is C53H68N10O29P3S4+. The number of nitrogens with two attached hydrogens (primary N) is 2. The molecule has 0 spiro atoms. The number of unbranched alkanes of at least 4 members (excludes halogenated alkanes) is 1. The Kier molecular flexibility index (Phi) is 35.4. The molecule has 3 aromatic rings. The summed E-state index contributed by atoms with van der Waals surface area (Å²) in [5, 5.41) is 29.1. The molecule has 0 radical (unpaired) electrons. The van der Waals surface area contributed by atoms with Crippen LogP contribution in [-0.4, -0.2) is 180 Å². The van der Waals surface area contributed by atoms with E-state index in [0.717, 1.165) is 9.95 Å². The number of hydrogen-bond donors (Lipinski definition) is 10. The van der Waals surface area contributed by atoms with Gasteiger partial charge in [0.15, 0.2) is 5.36 Å². The van der Waals surface area contributed by atoms with Gasteiger partial charge < -0.3 is 83.9 Å². The highest BCUT2D eigenvalue weighted by atomic mass is 33.1. The maximum atomic E-state index is 12.9. The summed E-state index contributed by atoms with van der Waals surface area (Å²) in [6.45, 7) is 9.05. The van der Waals surface area contributed by atoms with Crippen molar-refractivity contribution in [2.75, 3.05) is 90.9 Å². The van der Waals surface area contributed by atoms with Crippen LogP contribution in [0.2, 0.25) is 0 Å². The lowest BCUT2D eigenvalue weighted by molar-refractivity contribution is -0.172. The molecular weight excluding hydrogens is 1460 g/mol. The third kappa shape index (κ3) is 32.1. The number of amides is 2. The number of rotatable bonds is 37. The second kappa shape index (κ2) is 41.8. The molecule has 3 heterocycles. The van der Waals surface area contributed by atoms with Gasteiger partial charge in [0, 0.05) is 70.2 Å². The number of ether oxygens (including phenoxy) is 7. The minimum absolute atomic E-state index is 0.0161. The third-order valence-corrected chi connectivity index (χ3v) is 19.3. The Hall–Kier alpha value is -7.62. The first-order chi connectivity index (χ1) is 46.7. The number of para-hydroxylation sites is 1. The van der Waals surface area contributed by atoms with E-state index in [-0.39, 0.29) is 61.0 Å². The summed E-state index contributed by atoms with van der Waals surface area (Å²) in [4.78, 5) is 93.0. The zero-order valence-electron chi connectivity index (χ0n) is 52.2. The molecule has 3 unspecified atom stereocenters. The monoisotopic (exact) mass is 1530 g/mol. The van der Waals surface area contributed by atoms with E-state index in [4.69, 9.17) is 89.3 Å². The lowest BCUT2D eigenvalue weighted by Crippen LogP contribution is -2.44. The van der Waals surface area contributed by atoms with Crippen LogP contribution in [0.25, 0.3) is 49.6 Å². The molecule has 542 valence electrons. The maximum absolute atomic E-state index is 12.9. The van der Waals surface area contributed by atoms with Crippen molar-refractivity contribution < 1.29 is 134 Å². The van der Waals surface area contributed by atoms with Crippen LogP contribution < -0.4 is 38.1 Å². The normalized spacial score (nSPS) is 15.4. The predicted octanol–water partition coefficient (Wildman–Crippen LogP) is 3.38. The first kappa shape index (κ1) is 83.8. The van der Waals surface area contributed by atoms with Gasteiger partial charge in [-0.2, -0.15) is 13.6 Å². The summed E-state index contributed by atoms with van der Waals surface area (Å²) in [5.41, 5.74) is 17.6. The number of carbonyl (C=O) groups excluding carboxylic acids is 2. The van der Waals surface area contributed by atoms with Gasteiger partial charge in [-0.15, -0.1) is 25.3 Å². The molecule has 0 bridgehead atoms. The van der Waals surface area contributed by atoms with Gasteiger partial charge in [0.25, 0.3) is 0 Å². The molecule has 5 atom stereocenters. The summed E-state index contributed by atoms with van der Waals surface area (Å²) in [6.07, 6.45) is -2.40. The fourth-order valence-electron chi connectivity index (χ4n) is 8.34. The minimum Gasteiger partial charge on any atom is -0.478 e. The van der Waals surface area contributed by atoms with Crippen LogP contribution in [0.1, 0.15) is 67.2 Å². The molecule has 1 fully saturated rings. The van der Waals surface area contributed by atoms with E-state index < -0.39 is 100 Å². The molecule has 6 rings (SSSR count). The summed E-state index contributed by atoms with van der Waals surface area (Å²) in [7, 11) is -20.2. The SMILES string of the molecule is C=C(NCCOCCOCCNC(=O)OCCC(C)(C)SSCOCCCCOC(=O)NCC#Cc1cn([C@H]2CC(OCN=[N+]=[N-])[C@@H](COP(=O)(O)OP(=O)(O)OP(=O)(O)O)O2)c(=O)nc1N)c1ccc(C(=O)O)c(-c2c3ccc(=[NH2+])cc-3oc3ccccc23)c1.O=S(=O)=O.O=S(=O)=O. The number of phosphoric ester groups is 1. The number of hydrogen-bond acceptors (Lipinski definition) is 30. The van der Waals surface area contributed by atoms with Gasteiger partial charge in [-0.25, -0.2) is 32.9 Å². The quantitative estimate of drug-likeness (QED) is 0.00313. The van der Waals surface area contributed by atoms with Gasteiger partial charge in [0.2, 0.25) is 0 Å². The number of azide groups is 1. The van der Waals surface area contributed by atoms with Crippen molar-refractivity contribution in [1.82, 2.24) is 25.5 Å². The van der Waals surface area contributed by atoms with Crippen molar-refractivity contribution in [3.8, 4) is 34.3 Å². The molecule has 2 aliphatic heterocycles. The molecule has 39 nitrogen and oxygen atoms in total. The summed E-state index contributed by atoms with van der Waals surface area (Å²) in [5.74, 6) is 4.87. The Labute approximate surface area is 573 Å². The largest absolute Gasteiger partial charge is 0.490 e. The molecule has 1 aromatic heterocycles. The number of carboxylic acid groups (broad SMARTS) is 1. The molecule has 99 heavy (non-hydrogen) atoms. The molecule has 46 heteroatoms. The molecule has 2 aromatic carbocycles. The molecule has 0 saturated carbocycles. The number of fused-ring (bicyclic) bond motifs is 2. The Balaban J connectivity index is 0.00000246. The Morgan fingerprint density at radius 3 is 2.20 bits per heavy atom. The van der Waals surface area contributed by atoms with Crippen molar-refractivity contribution in [3.63, 3.8) is 0 Å². The molecule has 2 amide bonds. The molecule has 3 aliphatic rings.